The summed E-state index contributed by atoms with van der Waals surface area (Å²) in [6.07, 6.45) is 0.855. The van der Waals surface area contributed by atoms with Gasteiger partial charge in [0.25, 0.3) is 0 Å². The van der Waals surface area contributed by atoms with Crippen LogP contribution in [-0.2, 0) is 6.42 Å². The second kappa shape index (κ2) is 34.4. The zero-order valence-corrected chi connectivity index (χ0v) is 75.3. The zero-order valence-electron chi connectivity index (χ0n) is 75.3. The van der Waals surface area contributed by atoms with Crippen molar-refractivity contribution in [2.24, 2.45) is 0 Å². The van der Waals surface area contributed by atoms with E-state index in [0.29, 0.717) is 34.9 Å². The molecule has 0 radical (unpaired) electrons. The van der Waals surface area contributed by atoms with Gasteiger partial charge in [-0.3, -0.25) is 0 Å². The summed E-state index contributed by atoms with van der Waals surface area (Å²) >= 11 is 0. The maximum Gasteiger partial charge on any atom is 0.164 e. The number of benzene rings is 20. The first-order chi connectivity index (χ1) is 68.9. The molecule has 26 aromatic rings. The highest BCUT2D eigenvalue weighted by Gasteiger charge is 2.27. The monoisotopic (exact) mass is 1780 g/mol. The third-order valence-electron chi connectivity index (χ3n) is 27.0. The third kappa shape index (κ3) is 14.7. The fraction of sp³-hybridized carbons (Fsp3) is 0.00787. The van der Waals surface area contributed by atoms with E-state index >= 15 is 0 Å². The molecule has 6 aromatic heterocycles. The van der Waals surface area contributed by atoms with Crippen LogP contribution < -0.4 is 9.80 Å². The van der Waals surface area contributed by atoms with E-state index in [-0.39, 0.29) is 0 Å². The van der Waals surface area contributed by atoms with Gasteiger partial charge in [-0.1, -0.05) is 309 Å². The van der Waals surface area contributed by atoms with Crippen molar-refractivity contribution in [3.63, 3.8) is 0 Å². The summed E-state index contributed by atoms with van der Waals surface area (Å²) in [5, 5.41) is 9.34. The maximum atomic E-state index is 6.64. The fourth-order valence-electron chi connectivity index (χ4n) is 20.4. The summed E-state index contributed by atoms with van der Waals surface area (Å²) in [7, 11) is 0. The van der Waals surface area contributed by atoms with Gasteiger partial charge in [-0.2, -0.15) is 0 Å². The van der Waals surface area contributed by atoms with Crippen LogP contribution in [0.1, 0.15) is 11.1 Å². The van der Waals surface area contributed by atoms with Crippen LogP contribution in [0.2, 0.25) is 0 Å². The third-order valence-corrected chi connectivity index (χ3v) is 27.0. The molecule has 12 nitrogen and oxygen atoms in total. The minimum absolute atomic E-state index is 0.630. The van der Waals surface area contributed by atoms with E-state index in [1.807, 2.05) is 103 Å². The van der Waals surface area contributed by atoms with Crippen LogP contribution in [0.3, 0.4) is 0 Å². The topological polar surface area (TPSA) is 112 Å². The zero-order chi connectivity index (χ0) is 91.8. The summed E-state index contributed by atoms with van der Waals surface area (Å²) in [4.78, 5) is 34.6. The lowest BCUT2D eigenvalue weighted by molar-refractivity contribution is 0.671. The molecule has 652 valence electrons. The Morgan fingerprint density at radius 2 is 0.489 bits per heavy atom. The van der Waals surface area contributed by atoms with Crippen molar-refractivity contribution in [1.82, 2.24) is 43.6 Å². The minimum Gasteiger partial charge on any atom is -0.454 e. The number of nitrogens with zero attached hydrogens (tertiary/aromatic N) is 11. The van der Waals surface area contributed by atoms with Crippen molar-refractivity contribution in [2.75, 3.05) is 9.80 Å². The molecule has 0 spiro atoms. The molecular formula is C127H83N11O. The number of hydrogen-bond donors (Lipinski definition) is 0. The van der Waals surface area contributed by atoms with E-state index in [9.17, 15) is 0 Å². The number of furan rings is 1. The summed E-state index contributed by atoms with van der Waals surface area (Å²) in [6, 6.07) is 174. The molecule has 0 bridgehead atoms. The number of fused-ring (bicyclic) bond motifs is 16. The van der Waals surface area contributed by atoms with Gasteiger partial charge in [0.2, 0.25) is 0 Å². The predicted molar refractivity (Wildman–Crippen MR) is 571 cm³/mol. The number of para-hydroxylation sites is 7. The summed E-state index contributed by atoms with van der Waals surface area (Å²) in [5.74, 6) is 3.86. The molecule has 139 heavy (non-hydrogen) atoms. The van der Waals surface area contributed by atoms with Gasteiger partial charge in [-0.05, 0) is 233 Å². The highest BCUT2D eigenvalue weighted by Crippen LogP contribution is 2.48. The van der Waals surface area contributed by atoms with Gasteiger partial charge in [0.1, 0.15) is 5.58 Å². The predicted octanol–water partition coefficient (Wildman–Crippen LogP) is 32.8. The Morgan fingerprint density at radius 1 is 0.187 bits per heavy atom. The van der Waals surface area contributed by atoms with Gasteiger partial charge in [-0.25, -0.2) is 29.9 Å². The Kier molecular flexibility index (Phi) is 20.0. The van der Waals surface area contributed by atoms with Crippen molar-refractivity contribution in [1.29, 1.82) is 0 Å². The van der Waals surface area contributed by atoms with Gasteiger partial charge in [0.15, 0.2) is 40.5 Å². The highest BCUT2D eigenvalue weighted by molar-refractivity contribution is 6.22. The molecule has 0 unspecified atom stereocenters. The molecule has 0 amide bonds. The molecule has 1 aliphatic carbocycles. The molecular weight excluding hydrogens is 1700 g/mol. The van der Waals surface area contributed by atoms with Crippen LogP contribution in [-0.4, -0.2) is 43.6 Å². The average molecular weight is 1780 g/mol. The Bertz CT molecular complexity index is 8800. The number of aromatic nitrogens is 9. The van der Waals surface area contributed by atoms with Crippen LogP contribution in [0.4, 0.5) is 34.1 Å². The van der Waals surface area contributed by atoms with E-state index in [2.05, 4.69) is 412 Å². The van der Waals surface area contributed by atoms with Crippen LogP contribution >= 0.6 is 0 Å². The Morgan fingerprint density at radius 3 is 0.957 bits per heavy atom. The lowest BCUT2D eigenvalue weighted by Gasteiger charge is -2.25. The molecule has 0 N–H and O–H groups in total. The van der Waals surface area contributed by atoms with Crippen molar-refractivity contribution in [2.45, 2.75) is 6.42 Å². The number of hydrogen-bond acceptors (Lipinski definition) is 9. The van der Waals surface area contributed by atoms with Gasteiger partial charge in [-0.15, -0.1) is 0 Å². The highest BCUT2D eigenvalue weighted by atomic mass is 16.3. The van der Waals surface area contributed by atoms with Crippen LogP contribution in [0, 0.1) is 0 Å². The van der Waals surface area contributed by atoms with Gasteiger partial charge in [0, 0.05) is 128 Å². The van der Waals surface area contributed by atoms with Crippen LogP contribution in [0.15, 0.2) is 496 Å². The van der Waals surface area contributed by atoms with Crippen LogP contribution in [0.25, 0.3) is 206 Å². The van der Waals surface area contributed by atoms with Crippen molar-refractivity contribution >= 4 is 121 Å². The van der Waals surface area contributed by atoms with Crippen molar-refractivity contribution in [3.05, 3.63) is 503 Å². The SMILES string of the molecule is c1ccc(-c2nc(-c3ccccc3)nc(-c3ccc(-n4c5ccccc5c5cc(-n6c7ccccc7c7ccc8c9ccccc9oc8c76)ccc54)cc3)n2)cc1.c1ccc(-c2nc(-c3ccccc3)nc(-c3ccc4c(c3)-c3cc(-n5c6ccc(-c7ccc(N(c8ccccc8)c8ccccc8)cc7)cc6c6cc(-c7ccc(N(c8ccccc8)c8ccccc8)cc7)ccc65)ccc3C4)n2)cc1. The molecule has 0 aliphatic heterocycles. The second-order valence-corrected chi connectivity index (χ2v) is 35.3. The molecule has 0 atom stereocenters. The Hall–Kier alpha value is -18.8. The molecule has 0 saturated heterocycles. The van der Waals surface area contributed by atoms with Gasteiger partial charge >= 0.3 is 0 Å². The Balaban J connectivity index is 0.000000153. The summed E-state index contributed by atoms with van der Waals surface area (Å²) in [6.45, 7) is 0. The minimum atomic E-state index is 0.630. The smallest absolute Gasteiger partial charge is 0.164 e. The van der Waals surface area contributed by atoms with Crippen LogP contribution in [0.5, 0.6) is 0 Å². The standard InChI is InChI=1S/C76H52N6.C51H31N5O/c1-7-19-54(20-8-1)74-77-75(55-21-9-2-10-22-55)79-76(78-74)60-32-31-58-47-59-37-44-67(51-69(59)68(58)50-60)82-72-45-38-56(52-33-40-65(41-34-52)80(61-23-11-3-12-24-61)62-25-13-4-14-26-62)48-70(72)71-49-57(39-46-73(71)82)53-35-42-66(43-36-53)81(63-27-15-5-16-28-63)64-29-17-6-18-30-64;1-3-13-32(14-4-1)49-52-50(33-15-5-2-6-16-33)54-51(53-49)34-23-25-35(26-24-34)55-43-20-10-8-18-38(43)42-31-36(27-30-45(42)55)56-44-21-11-7-17-37(44)40-28-29-41-39-19-9-12-22-46(39)57-48(41)47(40)56/h1-46,48-51H,47H2;1-31H. The summed E-state index contributed by atoms with van der Waals surface area (Å²) < 4.78 is 13.8. The molecule has 0 saturated carbocycles. The Labute approximate surface area is 801 Å². The largest absolute Gasteiger partial charge is 0.454 e. The first-order valence-corrected chi connectivity index (χ1v) is 47.0. The molecule has 0 fully saturated rings. The van der Waals surface area contributed by atoms with E-state index in [0.717, 1.165) is 168 Å². The molecule has 12 heteroatoms. The van der Waals surface area contributed by atoms with E-state index in [4.69, 9.17) is 34.3 Å². The van der Waals surface area contributed by atoms with Gasteiger partial charge in [0.05, 0.1) is 33.1 Å². The number of rotatable bonds is 17. The molecule has 6 heterocycles. The quantitative estimate of drug-likeness (QED) is 0.0880. The first kappa shape index (κ1) is 81.0. The maximum absolute atomic E-state index is 6.64. The molecule has 27 rings (SSSR count). The van der Waals surface area contributed by atoms with E-state index in [1.54, 1.807) is 0 Å². The fourth-order valence-corrected chi connectivity index (χ4v) is 20.4. The summed E-state index contributed by atoms with van der Waals surface area (Å²) in [5.41, 5.74) is 33.7. The molecule has 20 aromatic carbocycles. The lowest BCUT2D eigenvalue weighted by atomic mass is 9.99. The van der Waals surface area contributed by atoms with Crippen molar-refractivity contribution < 1.29 is 4.42 Å². The molecule has 1 aliphatic rings. The lowest BCUT2D eigenvalue weighted by Crippen LogP contribution is -2.09. The average Bonchev–Trinajstić information content (AvgIpc) is 1.56. The second-order valence-electron chi connectivity index (χ2n) is 35.3. The van der Waals surface area contributed by atoms with Gasteiger partial charge < -0.3 is 27.9 Å². The van der Waals surface area contributed by atoms with E-state index < -0.39 is 0 Å². The number of anilines is 6. The first-order valence-electron chi connectivity index (χ1n) is 47.0. The normalized spacial score (nSPS) is 11.7. The van der Waals surface area contributed by atoms with Crippen molar-refractivity contribution in [3.8, 4) is 119 Å². The van der Waals surface area contributed by atoms with E-state index in [1.165, 1.54) is 54.6 Å².